The summed E-state index contributed by atoms with van der Waals surface area (Å²) in [6, 6.07) is 0.102. The molecular weight excluding hydrogens is 246 g/mol. The first kappa shape index (κ1) is 12.5. The summed E-state index contributed by atoms with van der Waals surface area (Å²) in [6.45, 7) is 0.860. The highest BCUT2D eigenvalue weighted by Gasteiger charge is 2.42. The molecule has 5 heteroatoms. The molecule has 2 aliphatic rings. The van der Waals surface area contributed by atoms with Gasteiger partial charge in [-0.25, -0.2) is 0 Å². The summed E-state index contributed by atoms with van der Waals surface area (Å²) in [4.78, 5) is 0. The van der Waals surface area contributed by atoms with Crippen LogP contribution in [-0.4, -0.2) is 33.5 Å². The van der Waals surface area contributed by atoms with Crippen molar-refractivity contribution in [2.75, 3.05) is 18.1 Å². The van der Waals surface area contributed by atoms with Crippen LogP contribution in [0.15, 0.2) is 12.4 Å². The Kier molecular flexibility index (Phi) is 3.38. The van der Waals surface area contributed by atoms with Crippen LogP contribution in [-0.2, 0) is 11.8 Å². The van der Waals surface area contributed by atoms with Crippen molar-refractivity contribution in [2.24, 2.45) is 18.7 Å². The Morgan fingerprint density at radius 2 is 2.56 bits per heavy atom. The Morgan fingerprint density at radius 3 is 3.22 bits per heavy atom. The van der Waals surface area contributed by atoms with Crippen molar-refractivity contribution < 1.29 is 4.74 Å². The van der Waals surface area contributed by atoms with Crippen LogP contribution >= 0.6 is 11.8 Å². The Hall–Kier alpha value is -0.520. The molecule has 1 aromatic heterocycles. The summed E-state index contributed by atoms with van der Waals surface area (Å²) < 4.78 is 7.88. The highest BCUT2D eigenvalue weighted by Crippen LogP contribution is 2.43. The van der Waals surface area contributed by atoms with Crippen molar-refractivity contribution in [1.82, 2.24) is 9.78 Å². The fourth-order valence-electron chi connectivity index (χ4n) is 3.12. The molecule has 0 aromatic carbocycles. The molecule has 100 valence electrons. The van der Waals surface area contributed by atoms with E-state index in [0.717, 1.165) is 30.8 Å². The van der Waals surface area contributed by atoms with Gasteiger partial charge in [-0.1, -0.05) is 0 Å². The first-order valence-electron chi connectivity index (χ1n) is 6.64. The summed E-state index contributed by atoms with van der Waals surface area (Å²) in [7, 11) is 1.94. The first-order chi connectivity index (χ1) is 8.69. The predicted octanol–water partition coefficient (Wildman–Crippen LogP) is 1.72. The van der Waals surface area contributed by atoms with Crippen LogP contribution in [0, 0.1) is 5.92 Å². The molecular formula is C13H21N3OS. The zero-order valence-corrected chi connectivity index (χ0v) is 11.7. The van der Waals surface area contributed by atoms with E-state index in [9.17, 15) is 0 Å². The smallest absolute Gasteiger partial charge is 0.0783 e. The Bertz CT molecular complexity index is 414. The standard InChI is InChI=1S/C13H21N3OS/c1-16-8-11(7-15-16)12(14)10-2-4-17-13(6-10)3-5-18-9-13/h7-8,10,12H,2-6,9,14H2,1H3. The molecule has 2 aliphatic heterocycles. The fraction of sp³-hybridized carbons (Fsp3) is 0.769. The maximum absolute atomic E-state index is 6.42. The lowest BCUT2D eigenvalue weighted by Gasteiger charge is -2.39. The van der Waals surface area contributed by atoms with E-state index >= 15 is 0 Å². The minimum atomic E-state index is 0.102. The van der Waals surface area contributed by atoms with Crippen LogP contribution in [0.3, 0.4) is 0 Å². The van der Waals surface area contributed by atoms with Crippen molar-refractivity contribution in [3.05, 3.63) is 18.0 Å². The minimum absolute atomic E-state index is 0.102. The topological polar surface area (TPSA) is 53.1 Å². The number of hydrogen-bond acceptors (Lipinski definition) is 4. The van der Waals surface area contributed by atoms with Crippen LogP contribution in [0.5, 0.6) is 0 Å². The maximum Gasteiger partial charge on any atom is 0.0783 e. The first-order valence-corrected chi connectivity index (χ1v) is 7.80. The fourth-order valence-corrected chi connectivity index (χ4v) is 4.50. The molecule has 0 aliphatic carbocycles. The van der Waals surface area contributed by atoms with Gasteiger partial charge in [0.25, 0.3) is 0 Å². The summed E-state index contributed by atoms with van der Waals surface area (Å²) >= 11 is 2.01. The van der Waals surface area contributed by atoms with Gasteiger partial charge < -0.3 is 10.5 Å². The van der Waals surface area contributed by atoms with Crippen LogP contribution in [0.1, 0.15) is 30.9 Å². The largest absolute Gasteiger partial charge is 0.374 e. The van der Waals surface area contributed by atoms with Crippen molar-refractivity contribution in [3.63, 3.8) is 0 Å². The Balaban J connectivity index is 1.72. The van der Waals surface area contributed by atoms with E-state index in [1.54, 1.807) is 0 Å². The molecule has 0 saturated carbocycles. The van der Waals surface area contributed by atoms with Crippen molar-refractivity contribution >= 4 is 11.8 Å². The lowest BCUT2D eigenvalue weighted by Crippen LogP contribution is -2.42. The number of ether oxygens (including phenoxy) is 1. The van der Waals surface area contributed by atoms with Crippen molar-refractivity contribution in [2.45, 2.75) is 30.9 Å². The molecule has 3 heterocycles. The third kappa shape index (κ3) is 2.31. The number of nitrogens with two attached hydrogens (primary N) is 1. The van der Waals surface area contributed by atoms with E-state index in [0.29, 0.717) is 5.92 Å². The zero-order chi connectivity index (χ0) is 12.6. The lowest BCUT2D eigenvalue weighted by atomic mass is 9.80. The van der Waals surface area contributed by atoms with E-state index in [4.69, 9.17) is 10.5 Å². The third-order valence-electron chi connectivity index (χ3n) is 4.22. The second-order valence-electron chi connectivity index (χ2n) is 5.56. The quantitative estimate of drug-likeness (QED) is 0.886. The number of aryl methyl sites for hydroxylation is 1. The van der Waals surface area contributed by atoms with Gasteiger partial charge >= 0.3 is 0 Å². The van der Waals surface area contributed by atoms with Crippen LogP contribution in [0.4, 0.5) is 0 Å². The average molecular weight is 267 g/mol. The number of hydrogen-bond donors (Lipinski definition) is 1. The molecule has 2 saturated heterocycles. The lowest BCUT2D eigenvalue weighted by molar-refractivity contribution is -0.0834. The summed E-state index contributed by atoms with van der Waals surface area (Å²) in [6.07, 6.45) is 7.30. The van der Waals surface area contributed by atoms with Crippen LogP contribution in [0.25, 0.3) is 0 Å². The zero-order valence-electron chi connectivity index (χ0n) is 10.8. The van der Waals surface area contributed by atoms with E-state index in [-0.39, 0.29) is 11.6 Å². The number of thioether (sulfide) groups is 1. The van der Waals surface area contributed by atoms with Gasteiger partial charge in [0.2, 0.25) is 0 Å². The van der Waals surface area contributed by atoms with E-state index in [1.807, 2.05) is 35.9 Å². The predicted molar refractivity (Wildman–Crippen MR) is 73.5 cm³/mol. The van der Waals surface area contributed by atoms with Gasteiger partial charge in [-0.2, -0.15) is 16.9 Å². The van der Waals surface area contributed by atoms with Gasteiger partial charge in [-0.15, -0.1) is 0 Å². The highest BCUT2D eigenvalue weighted by atomic mass is 32.2. The summed E-state index contributed by atoms with van der Waals surface area (Å²) in [5.74, 6) is 2.90. The molecule has 2 N–H and O–H groups in total. The van der Waals surface area contributed by atoms with E-state index in [1.165, 1.54) is 12.2 Å². The molecule has 0 amide bonds. The molecule has 18 heavy (non-hydrogen) atoms. The molecule has 2 fully saturated rings. The number of aromatic nitrogens is 2. The Morgan fingerprint density at radius 1 is 1.67 bits per heavy atom. The molecule has 1 spiro atoms. The molecule has 1 aromatic rings. The third-order valence-corrected chi connectivity index (χ3v) is 5.44. The Labute approximate surface area is 112 Å². The van der Waals surface area contributed by atoms with Gasteiger partial charge in [0.15, 0.2) is 0 Å². The molecule has 4 nitrogen and oxygen atoms in total. The van der Waals surface area contributed by atoms with E-state index in [2.05, 4.69) is 5.10 Å². The molecule has 3 atom stereocenters. The summed E-state index contributed by atoms with van der Waals surface area (Å²) in [5, 5.41) is 4.22. The van der Waals surface area contributed by atoms with E-state index < -0.39 is 0 Å². The highest BCUT2D eigenvalue weighted by molar-refractivity contribution is 7.99. The number of nitrogens with zero attached hydrogens (tertiary/aromatic N) is 2. The summed E-state index contributed by atoms with van der Waals surface area (Å²) in [5.41, 5.74) is 7.69. The van der Waals surface area contributed by atoms with Crippen LogP contribution in [0.2, 0.25) is 0 Å². The maximum atomic E-state index is 6.42. The molecule has 0 radical (unpaired) electrons. The monoisotopic (exact) mass is 267 g/mol. The molecule has 3 unspecified atom stereocenters. The SMILES string of the molecule is Cn1cc(C(N)C2CCOC3(CCSC3)C2)cn1. The van der Waals surface area contributed by atoms with Crippen molar-refractivity contribution in [1.29, 1.82) is 0 Å². The normalized spacial score (nSPS) is 34.0. The molecule has 0 bridgehead atoms. The number of rotatable bonds is 2. The second-order valence-corrected chi connectivity index (χ2v) is 6.67. The average Bonchev–Trinajstić information content (AvgIpc) is 2.98. The minimum Gasteiger partial charge on any atom is -0.374 e. The van der Waals surface area contributed by atoms with Gasteiger partial charge in [0.1, 0.15) is 0 Å². The van der Waals surface area contributed by atoms with Gasteiger partial charge in [-0.05, 0) is 30.9 Å². The molecule has 3 rings (SSSR count). The van der Waals surface area contributed by atoms with Gasteiger partial charge in [0, 0.05) is 37.2 Å². The van der Waals surface area contributed by atoms with Gasteiger partial charge in [0.05, 0.1) is 11.8 Å². The van der Waals surface area contributed by atoms with Crippen LogP contribution < -0.4 is 5.73 Å². The second kappa shape index (κ2) is 4.87. The van der Waals surface area contributed by atoms with Crippen molar-refractivity contribution in [3.8, 4) is 0 Å². The van der Waals surface area contributed by atoms with Gasteiger partial charge in [-0.3, -0.25) is 4.68 Å².